The number of nitrogens with zero attached hydrogens (tertiary/aromatic N) is 1. The van der Waals surface area contributed by atoms with Crippen LogP contribution in [0.2, 0.25) is 0 Å². The van der Waals surface area contributed by atoms with Gasteiger partial charge in [-0.2, -0.15) is 0 Å². The third-order valence-corrected chi connectivity index (χ3v) is 1.96. The second-order valence-corrected chi connectivity index (χ2v) is 2.81. The SMILES string of the molecule is NC(=O)c1cc(N)c2ccccn12. The maximum atomic E-state index is 11.0. The van der Waals surface area contributed by atoms with Gasteiger partial charge in [-0.3, -0.25) is 4.79 Å². The summed E-state index contributed by atoms with van der Waals surface area (Å²) in [5.41, 5.74) is 12.6. The van der Waals surface area contributed by atoms with E-state index >= 15 is 0 Å². The smallest absolute Gasteiger partial charge is 0.265 e. The average molecular weight is 175 g/mol. The number of carbonyl (C=O) groups is 1. The van der Waals surface area contributed by atoms with Crippen LogP contribution in [0.4, 0.5) is 5.69 Å². The van der Waals surface area contributed by atoms with Crippen molar-refractivity contribution < 1.29 is 4.79 Å². The van der Waals surface area contributed by atoms with Crippen molar-refractivity contribution in [1.29, 1.82) is 0 Å². The molecule has 4 N–H and O–H groups in total. The van der Waals surface area contributed by atoms with E-state index in [1.165, 1.54) is 0 Å². The minimum atomic E-state index is -0.474. The predicted molar refractivity (Wildman–Crippen MR) is 50.3 cm³/mol. The van der Waals surface area contributed by atoms with Crippen LogP contribution >= 0.6 is 0 Å². The highest BCUT2D eigenvalue weighted by atomic mass is 16.1. The summed E-state index contributed by atoms with van der Waals surface area (Å²) in [6.45, 7) is 0. The van der Waals surface area contributed by atoms with E-state index in [2.05, 4.69) is 0 Å². The number of rotatable bonds is 1. The summed E-state index contributed by atoms with van der Waals surface area (Å²) >= 11 is 0. The van der Waals surface area contributed by atoms with E-state index in [0.29, 0.717) is 11.4 Å². The molecular formula is C9H9N3O. The molecule has 13 heavy (non-hydrogen) atoms. The number of amides is 1. The first-order chi connectivity index (χ1) is 6.20. The highest BCUT2D eigenvalue weighted by Gasteiger charge is 2.09. The molecule has 0 unspecified atom stereocenters. The van der Waals surface area contributed by atoms with Crippen LogP contribution in [0, 0.1) is 0 Å². The number of carbonyl (C=O) groups excluding carboxylic acids is 1. The first kappa shape index (κ1) is 7.67. The number of fused-ring (bicyclic) bond motifs is 1. The molecule has 4 heteroatoms. The van der Waals surface area contributed by atoms with Gasteiger partial charge in [0.25, 0.3) is 5.91 Å². The molecule has 0 saturated carbocycles. The molecule has 0 spiro atoms. The number of hydrogen-bond donors (Lipinski definition) is 2. The van der Waals surface area contributed by atoms with Gasteiger partial charge in [0.15, 0.2) is 0 Å². The van der Waals surface area contributed by atoms with Gasteiger partial charge in [-0.1, -0.05) is 6.07 Å². The van der Waals surface area contributed by atoms with Crippen molar-refractivity contribution in [2.45, 2.75) is 0 Å². The van der Waals surface area contributed by atoms with Crippen LogP contribution in [0.15, 0.2) is 30.5 Å². The lowest BCUT2D eigenvalue weighted by Gasteiger charge is -1.96. The standard InChI is InChI=1S/C9H9N3O/c10-6-5-8(9(11)13)12-4-2-1-3-7(6)12/h1-5H,10H2,(H2,11,13). The molecule has 2 aromatic rings. The van der Waals surface area contributed by atoms with Crippen molar-refractivity contribution in [2.24, 2.45) is 5.73 Å². The fraction of sp³-hybridized carbons (Fsp3) is 0. The van der Waals surface area contributed by atoms with Gasteiger partial charge in [-0.15, -0.1) is 0 Å². The summed E-state index contributed by atoms with van der Waals surface area (Å²) < 4.78 is 1.68. The number of anilines is 1. The topological polar surface area (TPSA) is 73.5 Å². The number of nitrogen functional groups attached to an aromatic ring is 1. The summed E-state index contributed by atoms with van der Waals surface area (Å²) in [6, 6.07) is 7.09. The molecule has 0 bridgehead atoms. The highest BCUT2D eigenvalue weighted by molar-refractivity contribution is 5.95. The van der Waals surface area contributed by atoms with E-state index in [1.54, 1.807) is 16.7 Å². The van der Waals surface area contributed by atoms with Crippen molar-refractivity contribution in [1.82, 2.24) is 4.40 Å². The molecule has 0 fully saturated rings. The van der Waals surface area contributed by atoms with Crippen LogP contribution in [0.5, 0.6) is 0 Å². The van der Waals surface area contributed by atoms with Crippen LogP contribution in [-0.2, 0) is 0 Å². The molecule has 2 rings (SSSR count). The molecule has 0 radical (unpaired) electrons. The Kier molecular flexibility index (Phi) is 1.48. The summed E-state index contributed by atoms with van der Waals surface area (Å²) in [7, 11) is 0. The third-order valence-electron chi connectivity index (χ3n) is 1.96. The summed E-state index contributed by atoms with van der Waals surface area (Å²) in [5.74, 6) is -0.474. The van der Waals surface area contributed by atoms with Crippen LogP contribution in [0.3, 0.4) is 0 Å². The van der Waals surface area contributed by atoms with E-state index in [-0.39, 0.29) is 0 Å². The summed E-state index contributed by atoms with van der Waals surface area (Å²) in [5, 5.41) is 0. The van der Waals surface area contributed by atoms with Gasteiger partial charge >= 0.3 is 0 Å². The van der Waals surface area contributed by atoms with Crippen LogP contribution in [0.25, 0.3) is 5.52 Å². The number of hydrogen-bond acceptors (Lipinski definition) is 2. The lowest BCUT2D eigenvalue weighted by Crippen LogP contribution is -2.13. The Morgan fingerprint density at radius 3 is 2.85 bits per heavy atom. The molecule has 0 aliphatic rings. The summed E-state index contributed by atoms with van der Waals surface area (Å²) in [6.07, 6.45) is 1.76. The van der Waals surface area contributed by atoms with Gasteiger partial charge in [0, 0.05) is 6.20 Å². The van der Waals surface area contributed by atoms with Crippen LogP contribution in [-0.4, -0.2) is 10.3 Å². The molecule has 0 aliphatic carbocycles. The number of aromatic nitrogens is 1. The minimum Gasteiger partial charge on any atom is -0.397 e. The molecule has 2 aromatic heterocycles. The zero-order valence-corrected chi connectivity index (χ0v) is 6.90. The van der Waals surface area contributed by atoms with Crippen molar-refractivity contribution in [2.75, 3.05) is 5.73 Å². The van der Waals surface area contributed by atoms with Crippen molar-refractivity contribution >= 4 is 17.1 Å². The molecule has 0 atom stereocenters. The van der Waals surface area contributed by atoms with E-state index < -0.39 is 5.91 Å². The normalized spacial score (nSPS) is 10.5. The Bertz CT molecular complexity index is 473. The van der Waals surface area contributed by atoms with Gasteiger partial charge in [0.05, 0.1) is 11.2 Å². The third kappa shape index (κ3) is 1.03. The van der Waals surface area contributed by atoms with Crippen LogP contribution < -0.4 is 11.5 Å². The molecule has 0 saturated heterocycles. The van der Waals surface area contributed by atoms with E-state index in [1.807, 2.05) is 18.2 Å². The van der Waals surface area contributed by atoms with Gasteiger partial charge in [0.1, 0.15) is 5.69 Å². The second-order valence-electron chi connectivity index (χ2n) is 2.81. The average Bonchev–Trinajstić information content (AvgIpc) is 2.45. The summed E-state index contributed by atoms with van der Waals surface area (Å²) in [4.78, 5) is 11.0. The zero-order valence-electron chi connectivity index (χ0n) is 6.90. The number of primary amides is 1. The molecule has 0 aromatic carbocycles. The van der Waals surface area contributed by atoms with Gasteiger partial charge in [-0.25, -0.2) is 0 Å². The first-order valence-electron chi connectivity index (χ1n) is 3.85. The molecule has 4 nitrogen and oxygen atoms in total. The lowest BCUT2D eigenvalue weighted by atomic mass is 10.4. The Labute approximate surface area is 74.8 Å². The van der Waals surface area contributed by atoms with E-state index in [0.717, 1.165) is 5.52 Å². The zero-order chi connectivity index (χ0) is 9.42. The fourth-order valence-electron chi connectivity index (χ4n) is 1.37. The number of pyridine rings is 1. The maximum Gasteiger partial charge on any atom is 0.265 e. The Balaban J connectivity index is 2.85. The van der Waals surface area contributed by atoms with Crippen molar-refractivity contribution in [3.63, 3.8) is 0 Å². The first-order valence-corrected chi connectivity index (χ1v) is 3.85. The van der Waals surface area contributed by atoms with Gasteiger partial charge < -0.3 is 15.9 Å². The Hall–Kier alpha value is -1.97. The Morgan fingerprint density at radius 2 is 2.15 bits per heavy atom. The predicted octanol–water partition coefficient (Wildman–Crippen LogP) is 0.620. The molecular weight excluding hydrogens is 166 g/mol. The maximum absolute atomic E-state index is 11.0. The van der Waals surface area contributed by atoms with Gasteiger partial charge in [-0.05, 0) is 18.2 Å². The van der Waals surface area contributed by atoms with Gasteiger partial charge in [0.2, 0.25) is 0 Å². The quantitative estimate of drug-likeness (QED) is 0.666. The van der Waals surface area contributed by atoms with E-state index in [9.17, 15) is 4.79 Å². The molecule has 0 aliphatic heterocycles. The molecule has 2 heterocycles. The van der Waals surface area contributed by atoms with E-state index in [4.69, 9.17) is 11.5 Å². The minimum absolute atomic E-state index is 0.410. The monoisotopic (exact) mass is 175 g/mol. The number of nitrogens with two attached hydrogens (primary N) is 2. The second kappa shape index (κ2) is 2.52. The van der Waals surface area contributed by atoms with Crippen LogP contribution in [0.1, 0.15) is 10.5 Å². The highest BCUT2D eigenvalue weighted by Crippen LogP contribution is 2.17. The Morgan fingerprint density at radius 1 is 1.38 bits per heavy atom. The fourth-order valence-corrected chi connectivity index (χ4v) is 1.37. The molecule has 1 amide bonds. The van der Waals surface area contributed by atoms with Crippen molar-refractivity contribution in [3.8, 4) is 0 Å². The largest absolute Gasteiger partial charge is 0.397 e. The molecule has 66 valence electrons. The van der Waals surface area contributed by atoms with Crippen molar-refractivity contribution in [3.05, 3.63) is 36.2 Å². The lowest BCUT2D eigenvalue weighted by molar-refractivity contribution is 0.0995.